The van der Waals surface area contributed by atoms with E-state index < -0.39 is 0 Å². The second-order valence-corrected chi connectivity index (χ2v) is 5.29. The Balaban J connectivity index is 2.40. The van der Waals surface area contributed by atoms with Crippen LogP contribution in [0.4, 0.5) is 0 Å². The average molecular weight is 255 g/mol. The lowest BCUT2D eigenvalue weighted by Crippen LogP contribution is -2.52. The highest BCUT2D eigenvalue weighted by molar-refractivity contribution is 5.78. The summed E-state index contributed by atoms with van der Waals surface area (Å²) >= 11 is 0. The van der Waals surface area contributed by atoms with Crippen molar-refractivity contribution in [3.05, 3.63) is 0 Å². The van der Waals surface area contributed by atoms with Crippen LogP contribution in [0.25, 0.3) is 0 Å². The Bertz CT molecular complexity index is 245. The number of carbonyl (C=O) groups excluding carboxylic acids is 1. The molecule has 1 saturated heterocycles. The lowest BCUT2D eigenvalue weighted by atomic mass is 9.87. The van der Waals surface area contributed by atoms with Gasteiger partial charge in [0.15, 0.2) is 0 Å². The molecule has 1 heterocycles. The second kappa shape index (κ2) is 8.48. The van der Waals surface area contributed by atoms with Gasteiger partial charge in [-0.3, -0.25) is 9.69 Å². The van der Waals surface area contributed by atoms with Gasteiger partial charge in [0.2, 0.25) is 5.91 Å². The van der Waals surface area contributed by atoms with Gasteiger partial charge in [0, 0.05) is 19.1 Å². The molecule has 2 atom stereocenters. The van der Waals surface area contributed by atoms with Crippen LogP contribution in [0.1, 0.15) is 46.0 Å². The predicted octanol–water partition coefficient (Wildman–Crippen LogP) is 1.35. The Kier molecular flexibility index (Phi) is 7.28. The topological polar surface area (TPSA) is 58.4 Å². The minimum atomic E-state index is 0.152. The quantitative estimate of drug-likeness (QED) is 0.675. The fourth-order valence-electron chi connectivity index (χ4n) is 2.87. The van der Waals surface area contributed by atoms with Gasteiger partial charge in [-0.1, -0.05) is 26.7 Å². The van der Waals surface area contributed by atoms with Crippen molar-refractivity contribution in [3.8, 4) is 0 Å². The van der Waals surface area contributed by atoms with Crippen LogP contribution in [0.15, 0.2) is 0 Å². The van der Waals surface area contributed by atoms with Gasteiger partial charge < -0.3 is 11.1 Å². The molecule has 106 valence electrons. The highest BCUT2D eigenvalue weighted by atomic mass is 16.2. The monoisotopic (exact) mass is 255 g/mol. The van der Waals surface area contributed by atoms with Crippen molar-refractivity contribution in [1.82, 2.24) is 10.2 Å². The number of carbonyl (C=O) groups is 1. The molecule has 1 amide bonds. The molecule has 0 saturated carbocycles. The summed E-state index contributed by atoms with van der Waals surface area (Å²) < 4.78 is 0. The molecule has 1 fully saturated rings. The van der Waals surface area contributed by atoms with Gasteiger partial charge in [0.05, 0.1) is 6.54 Å². The fraction of sp³-hybridized carbons (Fsp3) is 0.929. The Hall–Kier alpha value is -0.610. The van der Waals surface area contributed by atoms with Crippen molar-refractivity contribution >= 4 is 5.91 Å². The number of amides is 1. The Morgan fingerprint density at radius 1 is 1.44 bits per heavy atom. The maximum atomic E-state index is 11.8. The molecule has 0 bridgehead atoms. The summed E-state index contributed by atoms with van der Waals surface area (Å²) in [6.07, 6.45) is 5.79. The molecule has 3 N–H and O–H groups in total. The van der Waals surface area contributed by atoms with E-state index in [1.54, 1.807) is 0 Å². The van der Waals surface area contributed by atoms with Crippen LogP contribution >= 0.6 is 0 Å². The second-order valence-electron chi connectivity index (χ2n) is 5.29. The molecule has 0 aromatic rings. The van der Waals surface area contributed by atoms with Gasteiger partial charge >= 0.3 is 0 Å². The summed E-state index contributed by atoms with van der Waals surface area (Å²) in [5.41, 5.74) is 5.88. The van der Waals surface area contributed by atoms with Gasteiger partial charge in [-0.25, -0.2) is 0 Å². The number of piperidine rings is 1. The molecule has 0 aromatic heterocycles. The van der Waals surface area contributed by atoms with Crippen LogP contribution in [0.5, 0.6) is 0 Å². The molecule has 0 radical (unpaired) electrons. The van der Waals surface area contributed by atoms with Crippen LogP contribution in [-0.2, 0) is 4.79 Å². The van der Waals surface area contributed by atoms with Crippen LogP contribution in [-0.4, -0.2) is 43.0 Å². The Labute approximate surface area is 111 Å². The van der Waals surface area contributed by atoms with Gasteiger partial charge in [0.25, 0.3) is 0 Å². The summed E-state index contributed by atoms with van der Waals surface area (Å²) in [5.74, 6) is 0.811. The highest BCUT2D eigenvalue weighted by Crippen LogP contribution is 2.25. The molecule has 1 aliphatic heterocycles. The van der Waals surface area contributed by atoms with Crippen molar-refractivity contribution in [3.63, 3.8) is 0 Å². The van der Waals surface area contributed by atoms with Crippen molar-refractivity contribution in [1.29, 1.82) is 0 Å². The molecule has 18 heavy (non-hydrogen) atoms. The van der Waals surface area contributed by atoms with Crippen LogP contribution in [0.2, 0.25) is 0 Å². The van der Waals surface area contributed by atoms with Gasteiger partial charge in [-0.2, -0.15) is 0 Å². The zero-order valence-electron chi connectivity index (χ0n) is 12.0. The lowest BCUT2D eigenvalue weighted by molar-refractivity contribution is -0.123. The van der Waals surface area contributed by atoms with Crippen LogP contribution < -0.4 is 11.1 Å². The smallest absolute Gasteiger partial charge is 0.234 e. The van der Waals surface area contributed by atoms with Crippen molar-refractivity contribution in [2.45, 2.75) is 52.0 Å². The molecule has 4 heteroatoms. The maximum Gasteiger partial charge on any atom is 0.234 e. The van der Waals surface area contributed by atoms with Gasteiger partial charge in [0.1, 0.15) is 0 Å². The molecule has 0 spiro atoms. The first-order chi connectivity index (χ1) is 8.72. The first kappa shape index (κ1) is 15.4. The van der Waals surface area contributed by atoms with Gasteiger partial charge in [-0.05, 0) is 31.7 Å². The summed E-state index contributed by atoms with van der Waals surface area (Å²) in [4.78, 5) is 14.1. The van der Waals surface area contributed by atoms with Crippen molar-refractivity contribution in [2.24, 2.45) is 11.7 Å². The molecule has 1 rings (SSSR count). The third kappa shape index (κ3) is 4.58. The van der Waals surface area contributed by atoms with E-state index in [2.05, 4.69) is 24.1 Å². The summed E-state index contributed by atoms with van der Waals surface area (Å²) in [6, 6.07) is 0.390. The van der Waals surface area contributed by atoms with Crippen molar-refractivity contribution < 1.29 is 4.79 Å². The Morgan fingerprint density at radius 3 is 2.83 bits per heavy atom. The third-order valence-electron chi connectivity index (χ3n) is 4.00. The number of nitrogens with zero attached hydrogens (tertiary/aromatic N) is 1. The maximum absolute atomic E-state index is 11.8. The first-order valence-electron chi connectivity index (χ1n) is 7.43. The van der Waals surface area contributed by atoms with E-state index in [1.165, 1.54) is 12.8 Å². The van der Waals surface area contributed by atoms with E-state index in [0.717, 1.165) is 32.4 Å². The summed E-state index contributed by atoms with van der Waals surface area (Å²) in [7, 11) is 0. The van der Waals surface area contributed by atoms with Crippen molar-refractivity contribution in [2.75, 3.05) is 26.2 Å². The molecule has 0 aliphatic carbocycles. The summed E-state index contributed by atoms with van der Waals surface area (Å²) in [5, 5.41) is 2.99. The first-order valence-corrected chi connectivity index (χ1v) is 7.43. The number of hydrogen-bond donors (Lipinski definition) is 2. The molecule has 2 unspecified atom stereocenters. The van der Waals surface area contributed by atoms with Crippen LogP contribution in [0.3, 0.4) is 0 Å². The van der Waals surface area contributed by atoms with E-state index in [9.17, 15) is 4.79 Å². The van der Waals surface area contributed by atoms with E-state index in [0.29, 0.717) is 25.0 Å². The predicted molar refractivity (Wildman–Crippen MR) is 75.3 cm³/mol. The largest absolute Gasteiger partial charge is 0.355 e. The Morgan fingerprint density at radius 2 is 2.22 bits per heavy atom. The highest BCUT2D eigenvalue weighted by Gasteiger charge is 2.29. The molecular formula is C14H29N3O. The molecule has 4 nitrogen and oxygen atoms in total. The van der Waals surface area contributed by atoms with E-state index in [4.69, 9.17) is 5.73 Å². The van der Waals surface area contributed by atoms with Crippen LogP contribution in [0, 0.1) is 5.92 Å². The number of likely N-dealkylation sites (tertiary alicyclic amines) is 1. The van der Waals surface area contributed by atoms with E-state index in [-0.39, 0.29) is 5.91 Å². The minimum Gasteiger partial charge on any atom is -0.355 e. The number of nitrogens with two attached hydrogens (primary N) is 1. The average Bonchev–Trinajstić information content (AvgIpc) is 2.38. The normalized spacial score (nSPS) is 25.1. The van der Waals surface area contributed by atoms with E-state index >= 15 is 0 Å². The SMILES string of the molecule is CCCCNC(=O)CN1CCCC(CC)C1CN. The summed E-state index contributed by atoms with van der Waals surface area (Å²) in [6.45, 7) is 7.35. The standard InChI is InChI=1S/C14H29N3O/c1-3-5-8-16-14(18)11-17-9-6-7-12(4-2)13(17)10-15/h12-13H,3-11,15H2,1-2H3,(H,16,18). The number of nitrogens with one attached hydrogen (secondary N) is 1. The van der Waals surface area contributed by atoms with Gasteiger partial charge in [-0.15, -0.1) is 0 Å². The third-order valence-corrected chi connectivity index (χ3v) is 4.00. The zero-order chi connectivity index (χ0) is 13.4. The minimum absolute atomic E-state index is 0.152. The van der Waals surface area contributed by atoms with E-state index in [1.807, 2.05) is 0 Å². The number of rotatable bonds is 7. The fourth-order valence-corrected chi connectivity index (χ4v) is 2.87. The molecule has 1 aliphatic rings. The number of hydrogen-bond acceptors (Lipinski definition) is 3. The number of unbranched alkanes of at least 4 members (excludes halogenated alkanes) is 1. The lowest BCUT2D eigenvalue weighted by Gasteiger charge is -2.40. The molecular weight excluding hydrogens is 226 g/mol. The molecule has 0 aromatic carbocycles. The zero-order valence-corrected chi connectivity index (χ0v) is 12.0.